The van der Waals surface area contributed by atoms with Crippen molar-refractivity contribution in [1.82, 2.24) is 5.32 Å². The third-order valence-electron chi connectivity index (χ3n) is 2.30. The molecule has 1 rings (SSSR count). The Morgan fingerprint density at radius 2 is 2.38 bits per heavy atom. The Balaban J connectivity index is 1.97. The van der Waals surface area contributed by atoms with E-state index in [0.717, 1.165) is 19.8 Å². The van der Waals surface area contributed by atoms with E-state index in [1.165, 1.54) is 12.8 Å². The molecular formula is C10H21NO2. The molecule has 0 bridgehead atoms. The summed E-state index contributed by atoms with van der Waals surface area (Å²) in [6.07, 6.45) is 2.76. The summed E-state index contributed by atoms with van der Waals surface area (Å²) in [4.78, 5) is 0. The van der Waals surface area contributed by atoms with Crippen molar-refractivity contribution in [2.45, 2.75) is 38.8 Å². The van der Waals surface area contributed by atoms with Crippen LogP contribution in [0.4, 0.5) is 0 Å². The fourth-order valence-corrected chi connectivity index (χ4v) is 1.51. The van der Waals surface area contributed by atoms with E-state index in [0.29, 0.717) is 12.6 Å². The second-order valence-electron chi connectivity index (χ2n) is 3.60. The second kappa shape index (κ2) is 6.35. The lowest BCUT2D eigenvalue weighted by Crippen LogP contribution is -2.30. The topological polar surface area (TPSA) is 30.5 Å². The molecule has 0 aromatic heterocycles. The van der Waals surface area contributed by atoms with Crippen molar-refractivity contribution in [1.29, 1.82) is 0 Å². The third kappa shape index (κ3) is 4.60. The van der Waals surface area contributed by atoms with Crippen LogP contribution in [-0.4, -0.2) is 38.5 Å². The molecule has 3 heteroatoms. The number of nitrogens with one attached hydrogen (secondary N) is 1. The molecule has 1 aliphatic heterocycles. The molecule has 1 aliphatic rings. The van der Waals surface area contributed by atoms with Gasteiger partial charge in [-0.3, -0.25) is 0 Å². The second-order valence-corrected chi connectivity index (χ2v) is 3.60. The Labute approximate surface area is 80.8 Å². The minimum atomic E-state index is 0.224. The van der Waals surface area contributed by atoms with Gasteiger partial charge in [0, 0.05) is 12.6 Å². The maximum absolute atomic E-state index is 5.64. The molecule has 0 amide bonds. The van der Waals surface area contributed by atoms with Crippen LogP contribution in [0.5, 0.6) is 0 Å². The highest BCUT2D eigenvalue weighted by Gasteiger charge is 2.14. The molecule has 78 valence electrons. The zero-order valence-electron chi connectivity index (χ0n) is 8.71. The number of hydrogen-bond acceptors (Lipinski definition) is 3. The van der Waals surface area contributed by atoms with Gasteiger partial charge in [-0.15, -0.1) is 0 Å². The fraction of sp³-hybridized carbons (Fsp3) is 1.00. The van der Waals surface area contributed by atoms with Gasteiger partial charge in [-0.05, 0) is 33.2 Å². The molecule has 0 spiro atoms. The summed E-state index contributed by atoms with van der Waals surface area (Å²) in [5.74, 6) is 0. The summed E-state index contributed by atoms with van der Waals surface area (Å²) in [7, 11) is 0. The van der Waals surface area contributed by atoms with Gasteiger partial charge in [0.15, 0.2) is 0 Å². The Morgan fingerprint density at radius 3 is 3.00 bits per heavy atom. The van der Waals surface area contributed by atoms with E-state index in [9.17, 15) is 0 Å². The van der Waals surface area contributed by atoms with E-state index in [1.807, 2.05) is 6.92 Å². The third-order valence-corrected chi connectivity index (χ3v) is 2.30. The molecular weight excluding hydrogens is 166 g/mol. The number of ether oxygens (including phenoxy) is 2. The van der Waals surface area contributed by atoms with E-state index >= 15 is 0 Å². The minimum Gasteiger partial charge on any atom is -0.379 e. The van der Waals surface area contributed by atoms with E-state index in [1.54, 1.807) is 0 Å². The van der Waals surface area contributed by atoms with Crippen molar-refractivity contribution in [3.05, 3.63) is 0 Å². The van der Waals surface area contributed by atoms with E-state index in [-0.39, 0.29) is 6.10 Å². The van der Waals surface area contributed by atoms with Crippen molar-refractivity contribution in [3.63, 3.8) is 0 Å². The molecule has 0 aromatic carbocycles. The Bertz CT molecular complexity index is 124. The molecule has 0 aliphatic carbocycles. The molecule has 0 saturated carbocycles. The van der Waals surface area contributed by atoms with Crippen LogP contribution in [0.25, 0.3) is 0 Å². The molecule has 1 fully saturated rings. The lowest BCUT2D eigenvalue weighted by atomic mass is 10.2. The van der Waals surface area contributed by atoms with Gasteiger partial charge in [-0.2, -0.15) is 0 Å². The lowest BCUT2D eigenvalue weighted by Gasteiger charge is -2.16. The van der Waals surface area contributed by atoms with Crippen LogP contribution >= 0.6 is 0 Å². The fourth-order valence-electron chi connectivity index (χ4n) is 1.51. The number of hydrogen-bond donors (Lipinski definition) is 1. The van der Waals surface area contributed by atoms with Crippen LogP contribution in [0, 0.1) is 0 Å². The van der Waals surface area contributed by atoms with Crippen LogP contribution in [0.2, 0.25) is 0 Å². The molecule has 1 N–H and O–H groups in total. The first-order chi connectivity index (χ1) is 6.33. The average Bonchev–Trinajstić information content (AvgIpc) is 2.64. The summed E-state index contributed by atoms with van der Waals surface area (Å²) < 4.78 is 10.9. The van der Waals surface area contributed by atoms with Gasteiger partial charge in [0.2, 0.25) is 0 Å². The Hall–Kier alpha value is -0.120. The van der Waals surface area contributed by atoms with Gasteiger partial charge in [0.1, 0.15) is 0 Å². The van der Waals surface area contributed by atoms with Crippen LogP contribution in [-0.2, 0) is 9.47 Å². The molecule has 0 radical (unpaired) electrons. The maximum Gasteiger partial charge on any atom is 0.0781 e. The summed E-state index contributed by atoms with van der Waals surface area (Å²) in [6.45, 7) is 7.52. The van der Waals surface area contributed by atoms with Crippen LogP contribution < -0.4 is 5.32 Å². The molecule has 2 atom stereocenters. The lowest BCUT2D eigenvalue weighted by molar-refractivity contribution is -0.00971. The van der Waals surface area contributed by atoms with Crippen molar-refractivity contribution in [3.8, 4) is 0 Å². The number of rotatable bonds is 6. The molecule has 1 saturated heterocycles. The normalized spacial score (nSPS) is 24.9. The average molecular weight is 187 g/mol. The van der Waals surface area contributed by atoms with Gasteiger partial charge >= 0.3 is 0 Å². The van der Waals surface area contributed by atoms with Crippen LogP contribution in [0.3, 0.4) is 0 Å². The smallest absolute Gasteiger partial charge is 0.0781 e. The largest absolute Gasteiger partial charge is 0.379 e. The highest BCUT2D eigenvalue weighted by molar-refractivity contribution is 4.73. The van der Waals surface area contributed by atoms with Gasteiger partial charge < -0.3 is 14.8 Å². The maximum atomic E-state index is 5.64. The standard InChI is InChI=1S/C10H21NO2/c1-3-12-7-9(2)13-8-10-5-4-6-11-10/h9-11H,3-8H2,1-2H3/t9?,10-/m0/s1. The van der Waals surface area contributed by atoms with Gasteiger partial charge in [0.05, 0.1) is 19.3 Å². The molecule has 1 unspecified atom stereocenters. The van der Waals surface area contributed by atoms with E-state index < -0.39 is 0 Å². The molecule has 13 heavy (non-hydrogen) atoms. The summed E-state index contributed by atoms with van der Waals surface area (Å²) in [6, 6.07) is 0.573. The SMILES string of the molecule is CCOCC(C)OC[C@@H]1CCCN1. The van der Waals surface area contributed by atoms with Crippen LogP contribution in [0.15, 0.2) is 0 Å². The predicted molar refractivity (Wildman–Crippen MR) is 52.9 cm³/mol. The van der Waals surface area contributed by atoms with Crippen LogP contribution in [0.1, 0.15) is 26.7 Å². The zero-order chi connectivity index (χ0) is 9.52. The summed E-state index contributed by atoms with van der Waals surface area (Å²) in [5, 5.41) is 3.40. The predicted octanol–water partition coefficient (Wildman–Crippen LogP) is 1.18. The van der Waals surface area contributed by atoms with Gasteiger partial charge in [0.25, 0.3) is 0 Å². The highest BCUT2D eigenvalue weighted by Crippen LogP contribution is 2.06. The van der Waals surface area contributed by atoms with Gasteiger partial charge in [-0.1, -0.05) is 0 Å². The van der Waals surface area contributed by atoms with Gasteiger partial charge in [-0.25, -0.2) is 0 Å². The summed E-state index contributed by atoms with van der Waals surface area (Å²) >= 11 is 0. The first kappa shape index (κ1) is 11.0. The monoisotopic (exact) mass is 187 g/mol. The first-order valence-electron chi connectivity index (χ1n) is 5.25. The quantitative estimate of drug-likeness (QED) is 0.677. The molecule has 0 aromatic rings. The molecule has 3 nitrogen and oxygen atoms in total. The van der Waals surface area contributed by atoms with Crippen molar-refractivity contribution in [2.24, 2.45) is 0 Å². The van der Waals surface area contributed by atoms with E-state index in [2.05, 4.69) is 12.2 Å². The Kier molecular flexibility index (Phi) is 5.35. The summed E-state index contributed by atoms with van der Waals surface area (Å²) in [5.41, 5.74) is 0. The molecule has 1 heterocycles. The minimum absolute atomic E-state index is 0.224. The van der Waals surface area contributed by atoms with Crippen molar-refractivity contribution < 1.29 is 9.47 Å². The Morgan fingerprint density at radius 1 is 1.54 bits per heavy atom. The van der Waals surface area contributed by atoms with Crippen molar-refractivity contribution >= 4 is 0 Å². The van der Waals surface area contributed by atoms with E-state index in [4.69, 9.17) is 9.47 Å². The zero-order valence-corrected chi connectivity index (χ0v) is 8.71. The first-order valence-corrected chi connectivity index (χ1v) is 5.25. The van der Waals surface area contributed by atoms with Crippen molar-refractivity contribution in [2.75, 3.05) is 26.4 Å². The highest BCUT2D eigenvalue weighted by atomic mass is 16.5.